The Kier molecular flexibility index (Phi) is 4.03. The van der Waals surface area contributed by atoms with Crippen molar-refractivity contribution < 1.29 is 4.42 Å². The number of anilines is 1. The molecule has 23 heavy (non-hydrogen) atoms. The average Bonchev–Trinajstić information content (AvgIpc) is 2.91. The van der Waals surface area contributed by atoms with Gasteiger partial charge < -0.3 is 14.6 Å². The van der Waals surface area contributed by atoms with Gasteiger partial charge in [-0.3, -0.25) is 0 Å². The van der Waals surface area contributed by atoms with E-state index >= 15 is 0 Å². The van der Waals surface area contributed by atoms with E-state index in [0.717, 1.165) is 17.6 Å². The zero-order valence-electron chi connectivity index (χ0n) is 14.3. The summed E-state index contributed by atoms with van der Waals surface area (Å²) < 4.78 is 5.39. The van der Waals surface area contributed by atoms with Gasteiger partial charge in [0.05, 0.1) is 6.20 Å². The monoisotopic (exact) mass is 312 g/mol. The maximum atomic E-state index is 8.92. The summed E-state index contributed by atoms with van der Waals surface area (Å²) in [5.41, 5.74) is 0.862. The number of aromatic nitrogens is 1. The van der Waals surface area contributed by atoms with E-state index in [4.69, 9.17) is 9.68 Å². The zero-order valence-corrected chi connectivity index (χ0v) is 14.3. The van der Waals surface area contributed by atoms with Gasteiger partial charge in [0.15, 0.2) is 5.58 Å². The van der Waals surface area contributed by atoms with Crippen LogP contribution in [0.4, 0.5) is 5.82 Å². The Morgan fingerprint density at radius 2 is 2.13 bits per heavy atom. The summed E-state index contributed by atoms with van der Waals surface area (Å²) in [5, 5.41) is 13.4. The average molecular weight is 312 g/mol. The van der Waals surface area contributed by atoms with Crippen LogP contribution in [0.15, 0.2) is 22.7 Å². The Hall–Kier alpha value is -2.06. The second-order valence-corrected chi connectivity index (χ2v) is 7.41. The Labute approximate surface area is 137 Å². The molecule has 0 saturated heterocycles. The van der Waals surface area contributed by atoms with E-state index in [1.165, 1.54) is 12.8 Å². The van der Waals surface area contributed by atoms with Crippen molar-refractivity contribution in [2.75, 3.05) is 19.4 Å². The molecule has 2 aromatic heterocycles. The first kappa shape index (κ1) is 15.8. The normalized spacial score (nSPS) is 23.8. The van der Waals surface area contributed by atoms with Crippen LogP contribution < -0.4 is 5.32 Å². The van der Waals surface area contributed by atoms with Crippen LogP contribution in [-0.2, 0) is 0 Å². The molecule has 1 aliphatic carbocycles. The molecule has 0 radical (unpaired) electrons. The second-order valence-electron chi connectivity index (χ2n) is 7.41. The van der Waals surface area contributed by atoms with Crippen molar-refractivity contribution in [2.45, 2.75) is 45.2 Å². The van der Waals surface area contributed by atoms with Crippen molar-refractivity contribution in [3.05, 3.63) is 24.1 Å². The highest BCUT2D eigenvalue weighted by atomic mass is 16.3. The number of hydrogen-bond acceptors (Lipinski definition) is 5. The van der Waals surface area contributed by atoms with Gasteiger partial charge in [-0.15, -0.1) is 0 Å². The molecule has 2 aromatic rings. The maximum Gasteiger partial charge on any atom is 0.204 e. The lowest BCUT2D eigenvalue weighted by Gasteiger charge is -2.45. The molecule has 0 aromatic carbocycles. The number of pyridine rings is 1. The first-order valence-corrected chi connectivity index (χ1v) is 8.12. The summed E-state index contributed by atoms with van der Waals surface area (Å²) in [4.78, 5) is 6.77. The minimum Gasteiger partial charge on any atom is -0.444 e. The molecular formula is C18H24N4O. The molecule has 5 nitrogen and oxygen atoms in total. The van der Waals surface area contributed by atoms with Crippen LogP contribution in [0.25, 0.3) is 11.0 Å². The van der Waals surface area contributed by atoms with Crippen molar-refractivity contribution in [1.82, 2.24) is 9.88 Å². The molecule has 2 atom stereocenters. The molecule has 0 aliphatic heterocycles. The van der Waals surface area contributed by atoms with Gasteiger partial charge in [-0.05, 0) is 44.8 Å². The fourth-order valence-corrected chi connectivity index (χ4v) is 3.57. The summed E-state index contributed by atoms with van der Waals surface area (Å²) in [7, 11) is 4.32. The number of fused-ring (bicyclic) bond motifs is 1. The predicted octanol–water partition coefficient (Wildman–Crippen LogP) is 3.62. The minimum atomic E-state index is 0.206. The lowest BCUT2D eigenvalue weighted by molar-refractivity contribution is 0.119. The molecule has 1 saturated carbocycles. The number of rotatable bonds is 3. The molecular weight excluding hydrogens is 288 g/mol. The third-order valence-corrected chi connectivity index (χ3v) is 5.06. The quantitative estimate of drug-likeness (QED) is 0.937. The fourth-order valence-electron chi connectivity index (χ4n) is 3.57. The topological polar surface area (TPSA) is 65.1 Å². The van der Waals surface area contributed by atoms with Crippen LogP contribution in [-0.4, -0.2) is 36.1 Å². The van der Waals surface area contributed by atoms with Gasteiger partial charge in [-0.1, -0.05) is 13.8 Å². The molecule has 0 amide bonds. The predicted molar refractivity (Wildman–Crippen MR) is 91.2 cm³/mol. The van der Waals surface area contributed by atoms with Crippen LogP contribution in [0.3, 0.4) is 0 Å². The molecule has 3 rings (SSSR count). The van der Waals surface area contributed by atoms with Gasteiger partial charge in [-0.2, -0.15) is 5.26 Å². The third kappa shape index (κ3) is 3.18. The van der Waals surface area contributed by atoms with Crippen molar-refractivity contribution in [3.8, 4) is 6.07 Å². The standard InChI is InChI=1S/C18H24N4O/c1-18(2)9-13(22(3)4)5-6-16(18)21-17-8-12-7-14(10-19)23-15(12)11-20-17/h7-8,11,13,16H,5-6,9H2,1-4H3,(H,20,21)/t13-,16-/m0/s1. The van der Waals surface area contributed by atoms with E-state index in [0.29, 0.717) is 23.4 Å². The van der Waals surface area contributed by atoms with Crippen LogP contribution in [0, 0.1) is 16.7 Å². The highest BCUT2D eigenvalue weighted by Crippen LogP contribution is 2.38. The summed E-state index contributed by atoms with van der Waals surface area (Å²) in [6.45, 7) is 4.65. The van der Waals surface area contributed by atoms with Crippen molar-refractivity contribution in [2.24, 2.45) is 5.41 Å². The van der Waals surface area contributed by atoms with Gasteiger partial charge >= 0.3 is 0 Å². The zero-order chi connectivity index (χ0) is 16.6. The summed E-state index contributed by atoms with van der Waals surface area (Å²) in [5.74, 6) is 1.18. The fraction of sp³-hybridized carbons (Fsp3) is 0.556. The Morgan fingerprint density at radius 3 is 2.78 bits per heavy atom. The van der Waals surface area contributed by atoms with Crippen molar-refractivity contribution in [1.29, 1.82) is 5.26 Å². The highest BCUT2D eigenvalue weighted by Gasteiger charge is 2.37. The SMILES string of the molecule is CN(C)[C@H]1CC[C@H](Nc2cc3cc(C#N)oc3cn2)C(C)(C)C1. The van der Waals surface area contributed by atoms with Gasteiger partial charge in [0, 0.05) is 23.5 Å². The maximum absolute atomic E-state index is 8.92. The Bertz CT molecular complexity index is 741. The minimum absolute atomic E-state index is 0.206. The third-order valence-electron chi connectivity index (χ3n) is 5.06. The molecule has 122 valence electrons. The number of nitrogens with one attached hydrogen (secondary N) is 1. The summed E-state index contributed by atoms with van der Waals surface area (Å²) >= 11 is 0. The molecule has 0 unspecified atom stereocenters. The molecule has 1 N–H and O–H groups in total. The van der Waals surface area contributed by atoms with Crippen LogP contribution in [0.2, 0.25) is 0 Å². The van der Waals surface area contributed by atoms with Crippen molar-refractivity contribution >= 4 is 16.8 Å². The molecule has 0 bridgehead atoms. The number of nitrogens with zero attached hydrogens (tertiary/aromatic N) is 3. The lowest BCUT2D eigenvalue weighted by atomic mass is 9.71. The van der Waals surface area contributed by atoms with Gasteiger partial charge in [0.2, 0.25) is 5.76 Å². The molecule has 5 heteroatoms. The van der Waals surface area contributed by atoms with E-state index in [2.05, 4.69) is 43.1 Å². The first-order chi connectivity index (χ1) is 10.9. The van der Waals surface area contributed by atoms with Gasteiger partial charge in [0.25, 0.3) is 0 Å². The van der Waals surface area contributed by atoms with E-state index < -0.39 is 0 Å². The van der Waals surface area contributed by atoms with E-state index in [9.17, 15) is 0 Å². The summed E-state index contributed by atoms with van der Waals surface area (Å²) in [6, 6.07) is 6.79. The highest BCUT2D eigenvalue weighted by molar-refractivity contribution is 5.80. The van der Waals surface area contributed by atoms with E-state index in [-0.39, 0.29) is 5.41 Å². The van der Waals surface area contributed by atoms with E-state index in [1.54, 1.807) is 12.3 Å². The Balaban J connectivity index is 1.77. The van der Waals surface area contributed by atoms with E-state index in [1.807, 2.05) is 12.1 Å². The number of furan rings is 1. The number of nitriles is 1. The van der Waals surface area contributed by atoms with Gasteiger partial charge in [0.1, 0.15) is 11.9 Å². The summed E-state index contributed by atoms with van der Waals surface area (Å²) in [6.07, 6.45) is 5.19. The lowest BCUT2D eigenvalue weighted by Crippen LogP contribution is -2.47. The Morgan fingerprint density at radius 1 is 1.35 bits per heavy atom. The second kappa shape index (κ2) is 5.86. The smallest absolute Gasteiger partial charge is 0.204 e. The molecule has 1 aliphatic rings. The largest absolute Gasteiger partial charge is 0.444 e. The molecule has 0 spiro atoms. The van der Waals surface area contributed by atoms with Crippen LogP contribution in [0.5, 0.6) is 0 Å². The molecule has 1 fully saturated rings. The van der Waals surface area contributed by atoms with Crippen molar-refractivity contribution in [3.63, 3.8) is 0 Å². The van der Waals surface area contributed by atoms with Crippen LogP contribution in [0.1, 0.15) is 38.9 Å². The first-order valence-electron chi connectivity index (χ1n) is 8.12. The molecule has 2 heterocycles. The van der Waals surface area contributed by atoms with Crippen LogP contribution >= 0.6 is 0 Å². The van der Waals surface area contributed by atoms with Gasteiger partial charge in [-0.25, -0.2) is 4.98 Å². The number of hydrogen-bond donors (Lipinski definition) is 1.